The number of carbonyl (C=O) groups is 3. The van der Waals surface area contributed by atoms with E-state index in [1.165, 1.54) is 17.0 Å². The summed E-state index contributed by atoms with van der Waals surface area (Å²) in [4.78, 5) is 41.2. The molecule has 34 heavy (non-hydrogen) atoms. The van der Waals surface area contributed by atoms with Gasteiger partial charge in [-0.2, -0.15) is 0 Å². The molecule has 8 heteroatoms. The molecule has 1 aromatic rings. The van der Waals surface area contributed by atoms with E-state index in [-0.39, 0.29) is 36.1 Å². The van der Waals surface area contributed by atoms with Crippen LogP contribution in [-0.4, -0.2) is 52.1 Å². The zero-order valence-electron chi connectivity index (χ0n) is 22.0. The first-order valence-corrected chi connectivity index (χ1v) is 12.2. The minimum absolute atomic E-state index is 0.00534. The van der Waals surface area contributed by atoms with E-state index in [0.29, 0.717) is 12.0 Å². The van der Waals surface area contributed by atoms with Crippen molar-refractivity contribution in [3.05, 3.63) is 29.8 Å². The van der Waals surface area contributed by atoms with Crippen LogP contribution in [0.2, 0.25) is 0 Å². The van der Waals surface area contributed by atoms with Crippen molar-refractivity contribution in [3.8, 4) is 5.75 Å². The van der Waals surface area contributed by atoms with Crippen LogP contribution >= 0.6 is 0 Å². The molecule has 0 heterocycles. The number of benzene rings is 1. The number of ether oxygens (including phenoxy) is 1. The third-order valence-corrected chi connectivity index (χ3v) is 5.63. The van der Waals surface area contributed by atoms with E-state index in [2.05, 4.69) is 10.6 Å². The summed E-state index contributed by atoms with van der Waals surface area (Å²) < 4.78 is 5.38. The van der Waals surface area contributed by atoms with Gasteiger partial charge >= 0.3 is 6.09 Å². The molecule has 3 N–H and O–H groups in total. The normalized spacial score (nSPS) is 14.9. The fraction of sp³-hybridized carbons (Fsp3) is 0.654. The highest BCUT2D eigenvalue weighted by Gasteiger charge is 2.37. The standard InChI is InChI=1S/C26H43N3O5/c1-9-13-18(5)27-23(31)22(19-14-12-15-20(30)16-19)29(11-3)24(32)21(17(4)10-2)28-25(33)34-26(6,7)8/h12,14-18,21-22,30H,9-11,13H2,1-8H3,(H,27,31)(H,28,33). The zero-order valence-corrected chi connectivity index (χ0v) is 22.0. The average Bonchev–Trinajstić information content (AvgIpc) is 2.73. The first kappa shape index (κ1) is 29.3. The van der Waals surface area contributed by atoms with Crippen LogP contribution in [0, 0.1) is 5.92 Å². The first-order valence-electron chi connectivity index (χ1n) is 12.2. The Labute approximate surface area is 204 Å². The molecule has 0 saturated carbocycles. The highest BCUT2D eigenvalue weighted by Crippen LogP contribution is 2.27. The number of aromatic hydroxyl groups is 1. The quantitative estimate of drug-likeness (QED) is 0.434. The van der Waals surface area contributed by atoms with Crippen molar-refractivity contribution in [2.75, 3.05) is 6.54 Å². The van der Waals surface area contributed by atoms with Gasteiger partial charge in [0, 0.05) is 12.6 Å². The molecule has 1 aromatic carbocycles. The van der Waals surface area contributed by atoms with E-state index in [1.54, 1.807) is 39.8 Å². The van der Waals surface area contributed by atoms with E-state index in [4.69, 9.17) is 4.74 Å². The third kappa shape index (κ3) is 8.88. The van der Waals surface area contributed by atoms with Crippen LogP contribution in [0.15, 0.2) is 24.3 Å². The second kappa shape index (κ2) is 13.2. The van der Waals surface area contributed by atoms with E-state index in [1.807, 2.05) is 27.7 Å². The number of nitrogens with zero attached hydrogens (tertiary/aromatic N) is 1. The summed E-state index contributed by atoms with van der Waals surface area (Å²) in [5, 5.41) is 15.8. The zero-order chi connectivity index (χ0) is 26.1. The lowest BCUT2D eigenvalue weighted by molar-refractivity contribution is -0.143. The van der Waals surface area contributed by atoms with Crippen molar-refractivity contribution in [3.63, 3.8) is 0 Å². The van der Waals surface area contributed by atoms with Crippen LogP contribution in [0.1, 0.15) is 86.3 Å². The minimum atomic E-state index is -0.962. The number of amides is 3. The van der Waals surface area contributed by atoms with Gasteiger partial charge in [0.05, 0.1) is 0 Å². The molecule has 4 unspecified atom stereocenters. The number of likely N-dealkylation sites (N-methyl/N-ethyl adjacent to an activating group) is 1. The number of phenols is 1. The number of phenolic OH excluding ortho intramolecular Hbond substituents is 1. The topological polar surface area (TPSA) is 108 Å². The largest absolute Gasteiger partial charge is 0.508 e. The monoisotopic (exact) mass is 477 g/mol. The molecular formula is C26H43N3O5. The van der Waals surface area contributed by atoms with Crippen LogP contribution < -0.4 is 10.6 Å². The number of carbonyl (C=O) groups excluding carboxylic acids is 3. The molecule has 8 nitrogen and oxygen atoms in total. The van der Waals surface area contributed by atoms with Crippen molar-refractivity contribution in [1.82, 2.24) is 15.5 Å². The summed E-state index contributed by atoms with van der Waals surface area (Å²) in [6.07, 6.45) is 1.66. The molecule has 0 aliphatic heterocycles. The maximum absolute atomic E-state index is 13.8. The molecule has 0 fully saturated rings. The summed E-state index contributed by atoms with van der Waals surface area (Å²) in [6.45, 7) is 15.1. The van der Waals surface area contributed by atoms with E-state index in [9.17, 15) is 19.5 Å². The van der Waals surface area contributed by atoms with Gasteiger partial charge in [0.2, 0.25) is 11.8 Å². The lowest BCUT2D eigenvalue weighted by Crippen LogP contribution is -2.55. The van der Waals surface area contributed by atoms with Gasteiger partial charge in [-0.15, -0.1) is 0 Å². The van der Waals surface area contributed by atoms with Gasteiger partial charge in [-0.1, -0.05) is 45.7 Å². The summed E-state index contributed by atoms with van der Waals surface area (Å²) >= 11 is 0. The van der Waals surface area contributed by atoms with Gasteiger partial charge in [-0.3, -0.25) is 9.59 Å². The predicted molar refractivity (Wildman–Crippen MR) is 133 cm³/mol. The van der Waals surface area contributed by atoms with Crippen molar-refractivity contribution in [1.29, 1.82) is 0 Å². The van der Waals surface area contributed by atoms with Crippen molar-refractivity contribution in [2.45, 2.75) is 98.4 Å². The first-order chi connectivity index (χ1) is 15.8. The molecule has 0 radical (unpaired) electrons. The van der Waals surface area contributed by atoms with Gasteiger partial charge in [-0.05, 0) is 64.7 Å². The Morgan fingerprint density at radius 3 is 2.24 bits per heavy atom. The summed E-state index contributed by atoms with van der Waals surface area (Å²) in [5.41, 5.74) is -0.215. The molecule has 0 aliphatic carbocycles. The predicted octanol–water partition coefficient (Wildman–Crippen LogP) is 4.53. The van der Waals surface area contributed by atoms with E-state index >= 15 is 0 Å². The average molecular weight is 478 g/mol. The molecule has 4 atom stereocenters. The molecule has 192 valence electrons. The maximum Gasteiger partial charge on any atom is 0.408 e. The Kier molecular flexibility index (Phi) is 11.4. The lowest BCUT2D eigenvalue weighted by Gasteiger charge is -2.35. The second-order valence-corrected chi connectivity index (χ2v) is 9.83. The number of alkyl carbamates (subject to hydrolysis) is 1. The molecule has 1 rings (SSSR count). The summed E-state index contributed by atoms with van der Waals surface area (Å²) in [6, 6.07) is 4.45. The Hall–Kier alpha value is -2.77. The Morgan fingerprint density at radius 2 is 1.74 bits per heavy atom. The Bertz CT molecular complexity index is 821. The minimum Gasteiger partial charge on any atom is -0.508 e. The van der Waals surface area contributed by atoms with Gasteiger partial charge in [-0.25, -0.2) is 4.79 Å². The number of hydrogen-bond acceptors (Lipinski definition) is 5. The molecule has 0 aromatic heterocycles. The molecule has 3 amide bonds. The van der Waals surface area contributed by atoms with Crippen LogP contribution in [-0.2, 0) is 14.3 Å². The van der Waals surface area contributed by atoms with Crippen LogP contribution in [0.25, 0.3) is 0 Å². The van der Waals surface area contributed by atoms with Crippen LogP contribution in [0.4, 0.5) is 4.79 Å². The molecule has 0 spiro atoms. The van der Waals surface area contributed by atoms with Crippen LogP contribution in [0.3, 0.4) is 0 Å². The Morgan fingerprint density at radius 1 is 1.09 bits per heavy atom. The lowest BCUT2D eigenvalue weighted by atomic mass is 9.95. The van der Waals surface area contributed by atoms with Crippen molar-refractivity contribution >= 4 is 17.9 Å². The van der Waals surface area contributed by atoms with E-state index < -0.39 is 23.8 Å². The van der Waals surface area contributed by atoms with Gasteiger partial charge < -0.3 is 25.4 Å². The molecule has 0 saturated heterocycles. The van der Waals surface area contributed by atoms with E-state index in [0.717, 1.165) is 12.8 Å². The smallest absolute Gasteiger partial charge is 0.408 e. The molecule has 0 bridgehead atoms. The number of nitrogens with one attached hydrogen (secondary N) is 2. The highest BCUT2D eigenvalue weighted by molar-refractivity contribution is 5.92. The molecular weight excluding hydrogens is 434 g/mol. The highest BCUT2D eigenvalue weighted by atomic mass is 16.6. The fourth-order valence-electron chi connectivity index (χ4n) is 3.76. The van der Waals surface area contributed by atoms with Crippen molar-refractivity contribution in [2.24, 2.45) is 5.92 Å². The summed E-state index contributed by atoms with van der Waals surface area (Å²) in [5.74, 6) is -0.900. The SMILES string of the molecule is CCCC(C)NC(=O)C(c1cccc(O)c1)N(CC)C(=O)C(NC(=O)OC(C)(C)C)C(C)CC. The second-order valence-electron chi connectivity index (χ2n) is 9.83. The molecule has 0 aliphatic rings. The van der Waals surface area contributed by atoms with Crippen molar-refractivity contribution < 1.29 is 24.2 Å². The third-order valence-electron chi connectivity index (χ3n) is 5.63. The summed E-state index contributed by atoms with van der Waals surface area (Å²) in [7, 11) is 0. The van der Waals surface area contributed by atoms with Crippen LogP contribution in [0.5, 0.6) is 5.75 Å². The van der Waals surface area contributed by atoms with Gasteiger partial charge in [0.15, 0.2) is 0 Å². The number of rotatable bonds is 11. The van der Waals surface area contributed by atoms with Gasteiger partial charge in [0.25, 0.3) is 0 Å². The Balaban J connectivity index is 3.38. The maximum atomic E-state index is 13.8. The number of hydrogen-bond donors (Lipinski definition) is 3. The fourth-order valence-corrected chi connectivity index (χ4v) is 3.76. The van der Waals surface area contributed by atoms with Gasteiger partial charge in [0.1, 0.15) is 23.4 Å².